The number of sulfonamides is 1. The van der Waals surface area contributed by atoms with E-state index >= 15 is 0 Å². The van der Waals surface area contributed by atoms with Gasteiger partial charge >= 0.3 is 0 Å². The van der Waals surface area contributed by atoms with Gasteiger partial charge in [-0.2, -0.15) is 0 Å². The zero-order chi connectivity index (χ0) is 31.0. The van der Waals surface area contributed by atoms with E-state index in [0.717, 1.165) is 21.0 Å². The lowest BCUT2D eigenvalue weighted by Gasteiger charge is -2.33. The van der Waals surface area contributed by atoms with Crippen LogP contribution >= 0.6 is 11.6 Å². The van der Waals surface area contributed by atoms with Crippen LogP contribution in [0.4, 0.5) is 5.69 Å². The molecule has 0 aliphatic heterocycles. The number of aryl methyl sites for hydroxylation is 2. The number of likely N-dealkylation sites (N-methyl/N-ethyl adjacent to an activating group) is 1. The number of nitrogens with zero attached hydrogens (tertiary/aromatic N) is 2. The molecule has 11 heteroatoms. The van der Waals surface area contributed by atoms with Crippen LogP contribution in [-0.4, -0.2) is 58.5 Å². The van der Waals surface area contributed by atoms with Gasteiger partial charge in [-0.25, -0.2) is 8.42 Å². The largest absolute Gasteiger partial charge is 0.493 e. The first-order valence-electron chi connectivity index (χ1n) is 13.6. The fourth-order valence-electron chi connectivity index (χ4n) is 4.73. The molecule has 0 radical (unpaired) electrons. The fraction of sp³-hybridized carbons (Fsp3) is 0.355. The zero-order valence-electron chi connectivity index (χ0n) is 24.8. The van der Waals surface area contributed by atoms with Crippen molar-refractivity contribution in [3.8, 4) is 11.5 Å². The maximum Gasteiger partial charge on any atom is 0.264 e. The number of halogens is 1. The second-order valence-electron chi connectivity index (χ2n) is 9.84. The van der Waals surface area contributed by atoms with Crippen LogP contribution in [0.15, 0.2) is 65.6 Å². The molecule has 0 unspecified atom stereocenters. The average molecular weight is 616 g/mol. The van der Waals surface area contributed by atoms with Crippen molar-refractivity contribution >= 4 is 39.1 Å². The van der Waals surface area contributed by atoms with Crippen LogP contribution in [0.1, 0.15) is 37.0 Å². The Labute approximate surface area is 253 Å². The molecule has 42 heavy (non-hydrogen) atoms. The first-order chi connectivity index (χ1) is 19.9. The average Bonchev–Trinajstić information content (AvgIpc) is 2.95. The third kappa shape index (κ3) is 7.74. The summed E-state index contributed by atoms with van der Waals surface area (Å²) >= 11 is 6.07. The molecule has 0 heterocycles. The Bertz CT molecular complexity index is 1490. The molecule has 0 saturated heterocycles. The van der Waals surface area contributed by atoms with E-state index in [1.165, 1.54) is 37.3 Å². The second kappa shape index (κ2) is 14.4. The maximum atomic E-state index is 14.2. The fourth-order valence-corrected chi connectivity index (χ4v) is 6.27. The normalized spacial score (nSPS) is 11.9. The molecule has 0 aliphatic carbocycles. The molecule has 226 valence electrons. The number of nitrogens with one attached hydrogen (secondary N) is 1. The summed E-state index contributed by atoms with van der Waals surface area (Å²) in [5.74, 6) is -0.251. The van der Waals surface area contributed by atoms with E-state index in [9.17, 15) is 18.0 Å². The van der Waals surface area contributed by atoms with Gasteiger partial charge < -0.3 is 19.7 Å². The molecule has 0 saturated carbocycles. The SMILES string of the molecule is CCNC(=O)[C@@H](CC)N(Cc1ccc(Cl)cc1)C(=O)CN(c1cc(C)cc(C)c1)S(=O)(=O)c1ccc(OC)c(OC)c1. The molecule has 1 atom stereocenters. The van der Waals surface area contributed by atoms with Crippen molar-refractivity contribution in [2.75, 3.05) is 31.6 Å². The number of anilines is 1. The molecule has 3 aromatic rings. The van der Waals surface area contributed by atoms with E-state index in [4.69, 9.17) is 21.1 Å². The van der Waals surface area contributed by atoms with Gasteiger partial charge in [-0.1, -0.05) is 36.7 Å². The number of hydrogen-bond donors (Lipinski definition) is 1. The summed E-state index contributed by atoms with van der Waals surface area (Å²) in [6.07, 6.45) is 0.331. The summed E-state index contributed by atoms with van der Waals surface area (Å²) in [5.41, 5.74) is 2.73. The van der Waals surface area contributed by atoms with Gasteiger partial charge in [0.25, 0.3) is 10.0 Å². The number of hydrogen-bond acceptors (Lipinski definition) is 6. The summed E-state index contributed by atoms with van der Waals surface area (Å²) in [6, 6.07) is 15.7. The highest BCUT2D eigenvalue weighted by molar-refractivity contribution is 7.92. The van der Waals surface area contributed by atoms with Crippen LogP contribution in [0.25, 0.3) is 0 Å². The highest BCUT2D eigenvalue weighted by Gasteiger charge is 2.34. The van der Waals surface area contributed by atoms with Gasteiger partial charge in [0.15, 0.2) is 11.5 Å². The molecular weight excluding hydrogens is 578 g/mol. The minimum atomic E-state index is -4.28. The second-order valence-corrected chi connectivity index (χ2v) is 12.1. The number of methoxy groups -OCH3 is 2. The molecule has 3 rings (SSSR count). The molecule has 0 fully saturated rings. The van der Waals surface area contributed by atoms with Gasteiger partial charge in [-0.15, -0.1) is 0 Å². The number of amides is 2. The summed E-state index contributed by atoms with van der Waals surface area (Å²) in [5, 5.41) is 3.33. The standard InChI is InChI=1S/C31H38ClN3O6S/c1-7-27(31(37)33-8-2)34(19-23-9-11-24(32)12-10-23)30(36)20-35(25-16-21(3)15-22(4)17-25)42(38,39)26-13-14-28(40-5)29(18-26)41-6/h9-18,27H,7-8,19-20H2,1-6H3,(H,33,37)/t27-/m1/s1. The summed E-state index contributed by atoms with van der Waals surface area (Å²) < 4.78 is 40.1. The highest BCUT2D eigenvalue weighted by Crippen LogP contribution is 2.33. The van der Waals surface area contributed by atoms with Gasteiger partial charge in [-0.3, -0.25) is 13.9 Å². The predicted octanol–water partition coefficient (Wildman–Crippen LogP) is 5.11. The topological polar surface area (TPSA) is 105 Å². The molecule has 1 N–H and O–H groups in total. The van der Waals surface area contributed by atoms with E-state index in [-0.39, 0.29) is 23.1 Å². The van der Waals surface area contributed by atoms with Crippen LogP contribution in [0, 0.1) is 13.8 Å². The van der Waals surface area contributed by atoms with Gasteiger partial charge in [0, 0.05) is 24.2 Å². The molecule has 2 amide bonds. The van der Waals surface area contributed by atoms with Crippen LogP contribution in [0.5, 0.6) is 11.5 Å². The Balaban J connectivity index is 2.13. The molecule has 3 aromatic carbocycles. The Morgan fingerprint density at radius 1 is 0.905 bits per heavy atom. The summed E-state index contributed by atoms with van der Waals surface area (Å²) in [6.45, 7) is 7.26. The van der Waals surface area contributed by atoms with Gasteiger partial charge in [0.2, 0.25) is 11.8 Å². The Morgan fingerprint density at radius 3 is 2.07 bits per heavy atom. The van der Waals surface area contributed by atoms with Crippen molar-refractivity contribution in [1.82, 2.24) is 10.2 Å². The van der Waals surface area contributed by atoms with Gasteiger partial charge in [-0.05, 0) is 80.3 Å². The minimum absolute atomic E-state index is 0.0767. The van der Waals surface area contributed by atoms with Crippen LogP contribution in [0.2, 0.25) is 5.02 Å². The first kappa shape index (κ1) is 32.8. The van der Waals surface area contributed by atoms with E-state index in [2.05, 4.69) is 5.32 Å². The monoisotopic (exact) mass is 615 g/mol. The first-order valence-corrected chi connectivity index (χ1v) is 15.4. The van der Waals surface area contributed by atoms with Gasteiger partial charge in [0.05, 0.1) is 24.8 Å². The third-order valence-electron chi connectivity index (χ3n) is 6.72. The van der Waals surface area contributed by atoms with Crippen molar-refractivity contribution in [3.63, 3.8) is 0 Å². The molecule has 9 nitrogen and oxygen atoms in total. The lowest BCUT2D eigenvalue weighted by atomic mass is 10.1. The number of carbonyl (C=O) groups is 2. The van der Waals surface area contributed by atoms with Crippen LogP contribution in [0.3, 0.4) is 0 Å². The molecule has 0 aliphatic rings. The third-order valence-corrected chi connectivity index (χ3v) is 8.74. The van der Waals surface area contributed by atoms with Crippen LogP contribution < -0.4 is 19.1 Å². The smallest absolute Gasteiger partial charge is 0.264 e. The van der Waals surface area contributed by atoms with Crippen molar-refractivity contribution in [2.24, 2.45) is 0 Å². The predicted molar refractivity (Wildman–Crippen MR) is 165 cm³/mol. The van der Waals surface area contributed by atoms with Crippen molar-refractivity contribution in [2.45, 2.75) is 51.6 Å². The molecule has 0 spiro atoms. The van der Waals surface area contributed by atoms with Gasteiger partial charge in [0.1, 0.15) is 12.6 Å². The van der Waals surface area contributed by atoms with E-state index in [1.807, 2.05) is 26.8 Å². The number of benzene rings is 3. The van der Waals surface area contributed by atoms with E-state index in [0.29, 0.717) is 29.4 Å². The zero-order valence-corrected chi connectivity index (χ0v) is 26.4. The molecular formula is C31H38ClN3O6S. The number of carbonyl (C=O) groups excluding carboxylic acids is 2. The summed E-state index contributed by atoms with van der Waals surface area (Å²) in [4.78, 5) is 28.6. The Kier molecular flexibility index (Phi) is 11.2. The molecule has 0 bridgehead atoms. The van der Waals surface area contributed by atoms with E-state index in [1.54, 1.807) is 43.3 Å². The Hall–Kier alpha value is -3.76. The molecule has 0 aromatic heterocycles. The number of rotatable bonds is 13. The summed E-state index contributed by atoms with van der Waals surface area (Å²) in [7, 11) is -1.41. The minimum Gasteiger partial charge on any atom is -0.493 e. The quantitative estimate of drug-likeness (QED) is 0.286. The maximum absolute atomic E-state index is 14.2. The Morgan fingerprint density at radius 2 is 1.52 bits per heavy atom. The van der Waals surface area contributed by atoms with E-state index < -0.39 is 28.5 Å². The van der Waals surface area contributed by atoms with Crippen molar-refractivity contribution in [1.29, 1.82) is 0 Å². The lowest BCUT2D eigenvalue weighted by Crippen LogP contribution is -2.52. The van der Waals surface area contributed by atoms with Crippen molar-refractivity contribution < 1.29 is 27.5 Å². The lowest BCUT2D eigenvalue weighted by molar-refractivity contribution is -0.140. The van der Waals surface area contributed by atoms with Crippen LogP contribution in [-0.2, 0) is 26.2 Å². The highest BCUT2D eigenvalue weighted by atomic mass is 35.5. The van der Waals surface area contributed by atoms with Crippen molar-refractivity contribution in [3.05, 3.63) is 82.4 Å². The number of ether oxygens (including phenoxy) is 2.